The van der Waals surface area contributed by atoms with Gasteiger partial charge in [-0.1, -0.05) is 47.6 Å². The first-order valence-corrected chi connectivity index (χ1v) is 7.20. The first kappa shape index (κ1) is 15.6. The highest BCUT2D eigenvalue weighted by Crippen LogP contribution is 2.37. The highest BCUT2D eigenvalue weighted by atomic mass is 16.7. The van der Waals surface area contributed by atoms with Crippen LogP contribution in [0.25, 0.3) is 0 Å². The predicted molar refractivity (Wildman–Crippen MR) is 85.1 cm³/mol. The van der Waals surface area contributed by atoms with E-state index in [0.29, 0.717) is 16.8 Å². The summed E-state index contributed by atoms with van der Waals surface area (Å²) in [6, 6.07) is 16.6. The van der Waals surface area contributed by atoms with Gasteiger partial charge in [-0.2, -0.15) is 5.26 Å². The number of non-ortho nitro benzene ring substituents is 1. The maximum atomic E-state index is 10.9. The lowest BCUT2D eigenvalue weighted by molar-refractivity contribution is -0.384. The van der Waals surface area contributed by atoms with Gasteiger partial charge in [-0.15, -0.1) is 0 Å². The Hall–Kier alpha value is -3.24. The van der Waals surface area contributed by atoms with E-state index in [0.717, 1.165) is 0 Å². The summed E-state index contributed by atoms with van der Waals surface area (Å²) in [5.41, 5.74) is -0.221. The van der Waals surface area contributed by atoms with E-state index < -0.39 is 16.6 Å². The van der Waals surface area contributed by atoms with E-state index in [1.165, 1.54) is 18.2 Å². The number of rotatable bonds is 4. The van der Waals surface area contributed by atoms with Gasteiger partial charge in [0, 0.05) is 17.7 Å². The van der Waals surface area contributed by atoms with Crippen molar-refractivity contribution in [1.29, 1.82) is 5.26 Å². The molecule has 1 N–H and O–H groups in total. The third-order valence-electron chi connectivity index (χ3n) is 3.89. The summed E-state index contributed by atoms with van der Waals surface area (Å²) in [4.78, 5) is 15.7. The normalized spacial score (nSPS) is 20.6. The van der Waals surface area contributed by atoms with Crippen molar-refractivity contribution in [2.24, 2.45) is 5.16 Å². The van der Waals surface area contributed by atoms with Gasteiger partial charge in [0.2, 0.25) is 0 Å². The zero-order valence-corrected chi connectivity index (χ0v) is 12.5. The first-order valence-electron chi connectivity index (χ1n) is 7.20. The van der Waals surface area contributed by atoms with Crippen molar-refractivity contribution >= 4 is 11.4 Å². The molecule has 0 saturated heterocycles. The zero-order valence-electron chi connectivity index (χ0n) is 12.5. The molecule has 3 rings (SSSR count). The highest BCUT2D eigenvalue weighted by molar-refractivity contribution is 6.02. The fraction of sp³-hybridized carbons (Fsp3) is 0.176. The summed E-state index contributed by atoms with van der Waals surface area (Å²) < 4.78 is 0. The van der Waals surface area contributed by atoms with Gasteiger partial charge in [-0.25, -0.2) is 0 Å². The van der Waals surface area contributed by atoms with Gasteiger partial charge in [0.25, 0.3) is 11.3 Å². The number of benzene rings is 2. The Bertz CT molecular complexity index is 844. The molecule has 0 aliphatic carbocycles. The molecule has 2 aromatic rings. The largest absolute Gasteiger partial charge is 0.383 e. The standard InChI is InChI=1S/C17H13N3O4/c18-11-17(16(21)12-5-2-1-3-6-12)10-15(19-24-17)13-7-4-8-14(9-13)20(22)23/h1-9,16,21H,10H2. The quantitative estimate of drug-likeness (QED) is 0.687. The average Bonchev–Trinajstić information content (AvgIpc) is 3.08. The van der Waals surface area contributed by atoms with E-state index in [4.69, 9.17) is 4.84 Å². The van der Waals surface area contributed by atoms with Crippen LogP contribution in [0.1, 0.15) is 23.7 Å². The van der Waals surface area contributed by atoms with Gasteiger partial charge in [0.15, 0.2) is 0 Å². The first-order chi connectivity index (χ1) is 11.6. The maximum absolute atomic E-state index is 10.9. The summed E-state index contributed by atoms with van der Waals surface area (Å²) in [5, 5.41) is 34.9. The molecule has 120 valence electrons. The molecule has 0 amide bonds. The fourth-order valence-electron chi connectivity index (χ4n) is 2.58. The molecule has 7 heteroatoms. The lowest BCUT2D eigenvalue weighted by Gasteiger charge is -2.24. The van der Waals surface area contributed by atoms with E-state index in [1.54, 1.807) is 36.4 Å². The van der Waals surface area contributed by atoms with Crippen molar-refractivity contribution in [3.8, 4) is 6.07 Å². The average molecular weight is 323 g/mol. The molecule has 0 spiro atoms. The minimum atomic E-state index is -1.55. The van der Waals surface area contributed by atoms with Gasteiger partial charge in [0.05, 0.1) is 17.1 Å². The predicted octanol–water partition coefficient (Wildman–Crippen LogP) is 2.72. The van der Waals surface area contributed by atoms with Gasteiger partial charge < -0.3 is 9.94 Å². The second kappa shape index (κ2) is 6.10. The monoisotopic (exact) mass is 323 g/mol. The van der Waals surface area contributed by atoms with E-state index in [1.807, 2.05) is 6.07 Å². The van der Waals surface area contributed by atoms with E-state index in [-0.39, 0.29) is 12.1 Å². The van der Waals surface area contributed by atoms with Crippen LogP contribution in [-0.4, -0.2) is 21.3 Å². The molecule has 24 heavy (non-hydrogen) atoms. The summed E-state index contributed by atoms with van der Waals surface area (Å²) in [5.74, 6) is 0. The Kier molecular flexibility index (Phi) is 3.98. The summed E-state index contributed by atoms with van der Waals surface area (Å²) >= 11 is 0. The molecule has 0 bridgehead atoms. The van der Waals surface area contributed by atoms with Gasteiger partial charge in [0.1, 0.15) is 12.2 Å². The second-order valence-corrected chi connectivity index (χ2v) is 5.43. The maximum Gasteiger partial charge on any atom is 0.270 e. The molecule has 2 aromatic carbocycles. The second-order valence-electron chi connectivity index (χ2n) is 5.43. The van der Waals surface area contributed by atoms with Crippen molar-refractivity contribution in [1.82, 2.24) is 0 Å². The summed E-state index contributed by atoms with van der Waals surface area (Å²) in [7, 11) is 0. The minimum absolute atomic E-state index is 0.0285. The number of aliphatic hydroxyl groups excluding tert-OH is 1. The Balaban J connectivity index is 1.88. The number of hydrogen-bond acceptors (Lipinski definition) is 6. The van der Waals surface area contributed by atoms with E-state index in [9.17, 15) is 20.5 Å². The van der Waals surface area contributed by atoms with Crippen LogP contribution in [-0.2, 0) is 4.84 Å². The number of aliphatic hydroxyl groups is 1. The number of nitriles is 1. The SMILES string of the molecule is N#CC1(C(O)c2ccccc2)CC(c2cccc([N+](=O)[O-])c2)=NO1. The molecule has 7 nitrogen and oxygen atoms in total. The number of nitro benzene ring substituents is 1. The molecule has 1 aliphatic rings. The smallest absolute Gasteiger partial charge is 0.270 e. The lowest BCUT2D eigenvalue weighted by Crippen LogP contribution is -2.35. The van der Waals surface area contributed by atoms with Crippen LogP contribution in [0.2, 0.25) is 0 Å². The molecule has 0 saturated carbocycles. The number of oxime groups is 1. The van der Waals surface area contributed by atoms with Crippen LogP contribution in [0, 0.1) is 21.4 Å². The van der Waals surface area contributed by atoms with Crippen LogP contribution >= 0.6 is 0 Å². The number of nitro groups is 1. The van der Waals surface area contributed by atoms with Crippen molar-refractivity contribution in [3.63, 3.8) is 0 Å². The Morgan fingerprint density at radius 3 is 2.71 bits per heavy atom. The third-order valence-corrected chi connectivity index (χ3v) is 3.89. The van der Waals surface area contributed by atoms with Crippen molar-refractivity contribution in [2.45, 2.75) is 18.1 Å². The molecule has 1 heterocycles. The molecule has 1 aliphatic heterocycles. The fourth-order valence-corrected chi connectivity index (χ4v) is 2.58. The molecular weight excluding hydrogens is 310 g/mol. The zero-order chi connectivity index (χ0) is 17.2. The Morgan fingerprint density at radius 1 is 1.29 bits per heavy atom. The lowest BCUT2D eigenvalue weighted by atomic mass is 9.86. The van der Waals surface area contributed by atoms with Gasteiger partial charge in [-0.3, -0.25) is 10.1 Å². The molecule has 0 aromatic heterocycles. The number of hydrogen-bond donors (Lipinski definition) is 1. The van der Waals surface area contributed by atoms with E-state index in [2.05, 4.69) is 5.16 Å². The van der Waals surface area contributed by atoms with Crippen LogP contribution < -0.4 is 0 Å². The molecular formula is C17H13N3O4. The van der Waals surface area contributed by atoms with E-state index >= 15 is 0 Å². The minimum Gasteiger partial charge on any atom is -0.383 e. The van der Waals surface area contributed by atoms with Gasteiger partial charge >= 0.3 is 0 Å². The van der Waals surface area contributed by atoms with Crippen LogP contribution in [0.4, 0.5) is 5.69 Å². The topological polar surface area (TPSA) is 109 Å². The van der Waals surface area contributed by atoms with Crippen LogP contribution in [0.15, 0.2) is 59.8 Å². The van der Waals surface area contributed by atoms with Crippen LogP contribution in [0.5, 0.6) is 0 Å². The molecule has 2 atom stereocenters. The van der Waals surface area contributed by atoms with Crippen molar-refractivity contribution < 1.29 is 14.9 Å². The molecule has 0 fully saturated rings. The van der Waals surface area contributed by atoms with Crippen molar-refractivity contribution in [3.05, 3.63) is 75.8 Å². The summed E-state index contributed by atoms with van der Waals surface area (Å²) in [6.07, 6.45) is -1.16. The van der Waals surface area contributed by atoms with Crippen LogP contribution in [0.3, 0.4) is 0 Å². The molecule has 0 radical (unpaired) electrons. The summed E-state index contributed by atoms with van der Waals surface area (Å²) in [6.45, 7) is 0. The van der Waals surface area contributed by atoms with Crippen molar-refractivity contribution in [2.75, 3.05) is 0 Å². The molecule has 2 unspecified atom stereocenters. The van der Waals surface area contributed by atoms with Gasteiger partial charge in [-0.05, 0) is 5.56 Å². The number of nitrogens with zero attached hydrogens (tertiary/aromatic N) is 3. The third kappa shape index (κ3) is 2.71. The highest BCUT2D eigenvalue weighted by Gasteiger charge is 2.47. The Morgan fingerprint density at radius 2 is 2.04 bits per heavy atom. The Labute approximate surface area is 137 Å².